The van der Waals surface area contributed by atoms with E-state index in [0.29, 0.717) is 16.5 Å². The quantitative estimate of drug-likeness (QED) is 0.905. The fourth-order valence-electron chi connectivity index (χ4n) is 1.54. The molecule has 98 valence electrons. The lowest BCUT2D eigenvalue weighted by Crippen LogP contribution is -2.22. The van der Waals surface area contributed by atoms with Crippen LogP contribution in [0.1, 0.15) is 10.4 Å². The third kappa shape index (κ3) is 2.95. The summed E-state index contributed by atoms with van der Waals surface area (Å²) in [6.45, 7) is 0. The highest BCUT2D eigenvalue weighted by Gasteiger charge is 2.10. The number of benzene rings is 1. The van der Waals surface area contributed by atoms with Gasteiger partial charge in [0, 0.05) is 11.9 Å². The number of carbonyl (C=O) groups is 1. The number of pyridine rings is 1. The average Bonchev–Trinajstić information content (AvgIpc) is 2.39. The van der Waals surface area contributed by atoms with Crippen molar-refractivity contribution in [3.8, 4) is 5.75 Å². The van der Waals surface area contributed by atoms with Gasteiger partial charge in [0.2, 0.25) is 0 Å². The van der Waals surface area contributed by atoms with Gasteiger partial charge in [-0.2, -0.15) is 0 Å². The summed E-state index contributed by atoms with van der Waals surface area (Å²) in [5, 5.41) is 2.97. The van der Waals surface area contributed by atoms with Crippen LogP contribution in [0.5, 0.6) is 5.75 Å². The standard InChI is InChI=1S/C13H11ClN2O3/c1-19-11-5-4-8(7-10(11)14)16-13(18)9-3-2-6-15-12(9)17/h2-7H,1H3,(H,15,17)(H,16,18). The van der Waals surface area contributed by atoms with Crippen molar-refractivity contribution in [2.75, 3.05) is 12.4 Å². The predicted molar refractivity (Wildman–Crippen MR) is 73.0 cm³/mol. The van der Waals surface area contributed by atoms with Gasteiger partial charge >= 0.3 is 0 Å². The van der Waals surface area contributed by atoms with Gasteiger partial charge in [-0.1, -0.05) is 11.6 Å². The number of halogens is 1. The summed E-state index contributed by atoms with van der Waals surface area (Å²) in [6.07, 6.45) is 1.46. The molecule has 0 aliphatic rings. The van der Waals surface area contributed by atoms with Crippen molar-refractivity contribution in [3.05, 3.63) is 57.5 Å². The van der Waals surface area contributed by atoms with Crippen molar-refractivity contribution in [1.29, 1.82) is 0 Å². The van der Waals surface area contributed by atoms with Gasteiger partial charge in [-0.05, 0) is 30.3 Å². The second-order valence-electron chi connectivity index (χ2n) is 3.72. The Bertz CT molecular complexity index is 667. The molecule has 0 aliphatic carbocycles. The van der Waals surface area contributed by atoms with Crippen LogP contribution in [0.4, 0.5) is 5.69 Å². The van der Waals surface area contributed by atoms with Crippen LogP contribution in [0.25, 0.3) is 0 Å². The number of aromatic amines is 1. The van der Waals surface area contributed by atoms with Gasteiger partial charge in [0.15, 0.2) is 0 Å². The molecule has 6 heteroatoms. The van der Waals surface area contributed by atoms with E-state index in [1.54, 1.807) is 24.3 Å². The third-order valence-corrected chi connectivity index (χ3v) is 2.77. The maximum atomic E-state index is 11.9. The van der Waals surface area contributed by atoms with Crippen LogP contribution in [0.15, 0.2) is 41.3 Å². The SMILES string of the molecule is COc1ccc(NC(=O)c2ccc[nH]c2=O)cc1Cl. The smallest absolute Gasteiger partial charge is 0.261 e. The zero-order chi connectivity index (χ0) is 13.8. The molecule has 2 rings (SSSR count). The van der Waals surface area contributed by atoms with Gasteiger partial charge in [-0.3, -0.25) is 9.59 Å². The summed E-state index contributed by atoms with van der Waals surface area (Å²) in [5.74, 6) is 0.0142. The van der Waals surface area contributed by atoms with Crippen molar-refractivity contribution in [3.63, 3.8) is 0 Å². The molecule has 0 aliphatic heterocycles. The number of ether oxygens (including phenoxy) is 1. The Labute approximate surface area is 114 Å². The number of methoxy groups -OCH3 is 1. The third-order valence-electron chi connectivity index (χ3n) is 2.47. The molecule has 0 spiro atoms. The first-order valence-corrected chi connectivity index (χ1v) is 5.82. The van der Waals surface area contributed by atoms with Crippen LogP contribution >= 0.6 is 11.6 Å². The summed E-state index contributed by atoms with van der Waals surface area (Å²) in [6, 6.07) is 7.85. The zero-order valence-corrected chi connectivity index (χ0v) is 10.8. The molecule has 0 bridgehead atoms. The Kier molecular flexibility index (Phi) is 3.87. The fraction of sp³-hybridized carbons (Fsp3) is 0.0769. The van der Waals surface area contributed by atoms with E-state index < -0.39 is 11.5 Å². The highest BCUT2D eigenvalue weighted by Crippen LogP contribution is 2.27. The first-order chi connectivity index (χ1) is 9.11. The molecule has 2 aromatic rings. The number of aromatic nitrogens is 1. The summed E-state index contributed by atoms with van der Waals surface area (Å²) in [4.78, 5) is 25.8. The number of hydrogen-bond acceptors (Lipinski definition) is 3. The van der Waals surface area contributed by atoms with E-state index >= 15 is 0 Å². The number of rotatable bonds is 3. The molecule has 0 unspecified atom stereocenters. The molecule has 19 heavy (non-hydrogen) atoms. The van der Waals surface area contributed by atoms with Gasteiger partial charge < -0.3 is 15.0 Å². The second-order valence-corrected chi connectivity index (χ2v) is 4.12. The van der Waals surface area contributed by atoms with E-state index in [2.05, 4.69) is 10.3 Å². The summed E-state index contributed by atoms with van der Waals surface area (Å²) >= 11 is 5.95. The Morgan fingerprint density at radius 2 is 2.16 bits per heavy atom. The highest BCUT2D eigenvalue weighted by molar-refractivity contribution is 6.32. The van der Waals surface area contributed by atoms with E-state index in [1.165, 1.54) is 19.4 Å². The molecule has 0 radical (unpaired) electrons. The van der Waals surface area contributed by atoms with Crippen molar-refractivity contribution in [1.82, 2.24) is 4.98 Å². The van der Waals surface area contributed by atoms with Gasteiger partial charge in [0.1, 0.15) is 11.3 Å². The monoisotopic (exact) mass is 278 g/mol. The molecule has 1 amide bonds. The van der Waals surface area contributed by atoms with Gasteiger partial charge in [0.25, 0.3) is 11.5 Å². The Morgan fingerprint density at radius 1 is 1.37 bits per heavy atom. The topological polar surface area (TPSA) is 71.2 Å². The molecule has 1 aromatic carbocycles. The Balaban J connectivity index is 2.22. The van der Waals surface area contributed by atoms with Crippen LogP contribution < -0.4 is 15.6 Å². The predicted octanol–water partition coefficient (Wildman–Crippen LogP) is 2.29. The molecule has 1 heterocycles. The molecule has 0 fully saturated rings. The minimum absolute atomic E-state index is 0.0365. The molecular formula is C13H11ClN2O3. The van der Waals surface area contributed by atoms with E-state index in [1.807, 2.05) is 0 Å². The summed E-state index contributed by atoms with van der Waals surface area (Å²) < 4.78 is 5.01. The van der Waals surface area contributed by atoms with Gasteiger partial charge in [-0.25, -0.2) is 0 Å². The Morgan fingerprint density at radius 3 is 2.79 bits per heavy atom. The number of anilines is 1. The molecule has 0 saturated heterocycles. The number of nitrogens with one attached hydrogen (secondary N) is 2. The number of hydrogen-bond donors (Lipinski definition) is 2. The fourth-order valence-corrected chi connectivity index (χ4v) is 1.80. The molecule has 0 saturated carbocycles. The lowest BCUT2D eigenvalue weighted by Gasteiger charge is -2.07. The molecular weight excluding hydrogens is 268 g/mol. The van der Waals surface area contributed by atoms with Crippen molar-refractivity contribution < 1.29 is 9.53 Å². The van der Waals surface area contributed by atoms with Crippen molar-refractivity contribution in [2.24, 2.45) is 0 Å². The van der Waals surface area contributed by atoms with E-state index in [9.17, 15) is 9.59 Å². The Hall–Kier alpha value is -2.27. The summed E-state index contributed by atoms with van der Waals surface area (Å²) in [5.41, 5.74) is 0.0769. The second kappa shape index (κ2) is 5.58. The normalized spacial score (nSPS) is 10.0. The van der Waals surface area contributed by atoms with E-state index in [4.69, 9.17) is 16.3 Å². The van der Waals surface area contributed by atoms with Crippen LogP contribution in [0.3, 0.4) is 0 Å². The van der Waals surface area contributed by atoms with Crippen LogP contribution in [-0.4, -0.2) is 18.0 Å². The zero-order valence-electron chi connectivity index (χ0n) is 10.1. The minimum atomic E-state index is -0.497. The lowest BCUT2D eigenvalue weighted by molar-refractivity contribution is 0.102. The maximum Gasteiger partial charge on any atom is 0.261 e. The number of carbonyl (C=O) groups excluding carboxylic acids is 1. The average molecular weight is 279 g/mol. The molecule has 2 N–H and O–H groups in total. The number of amides is 1. The largest absolute Gasteiger partial charge is 0.495 e. The van der Waals surface area contributed by atoms with Crippen molar-refractivity contribution >= 4 is 23.2 Å². The van der Waals surface area contributed by atoms with Crippen LogP contribution in [0, 0.1) is 0 Å². The molecule has 1 aromatic heterocycles. The lowest BCUT2D eigenvalue weighted by atomic mass is 10.2. The summed E-state index contributed by atoms with van der Waals surface area (Å²) in [7, 11) is 1.50. The molecule has 0 atom stereocenters. The maximum absolute atomic E-state index is 11.9. The minimum Gasteiger partial charge on any atom is -0.495 e. The van der Waals surface area contributed by atoms with Crippen LogP contribution in [0.2, 0.25) is 5.02 Å². The highest BCUT2D eigenvalue weighted by atomic mass is 35.5. The van der Waals surface area contributed by atoms with Crippen molar-refractivity contribution in [2.45, 2.75) is 0 Å². The number of H-pyrrole nitrogens is 1. The van der Waals surface area contributed by atoms with E-state index in [-0.39, 0.29) is 5.56 Å². The first kappa shape index (κ1) is 13.2. The van der Waals surface area contributed by atoms with Crippen LogP contribution in [-0.2, 0) is 0 Å². The van der Waals surface area contributed by atoms with Gasteiger partial charge in [0.05, 0.1) is 12.1 Å². The first-order valence-electron chi connectivity index (χ1n) is 5.44. The van der Waals surface area contributed by atoms with Gasteiger partial charge in [-0.15, -0.1) is 0 Å². The van der Waals surface area contributed by atoms with E-state index in [0.717, 1.165) is 0 Å². The molecule has 5 nitrogen and oxygen atoms in total.